The highest BCUT2D eigenvalue weighted by molar-refractivity contribution is 6.31. The van der Waals surface area contributed by atoms with Crippen molar-refractivity contribution in [2.24, 2.45) is 0 Å². The van der Waals surface area contributed by atoms with Crippen LogP contribution < -0.4 is 4.74 Å². The first-order valence-electron chi connectivity index (χ1n) is 6.13. The summed E-state index contributed by atoms with van der Waals surface area (Å²) >= 11 is 6.06. The summed E-state index contributed by atoms with van der Waals surface area (Å²) in [5.74, 6) is 0.202. The normalized spacial score (nSPS) is 12.0. The van der Waals surface area contributed by atoms with Crippen LogP contribution in [0.15, 0.2) is 36.5 Å². The van der Waals surface area contributed by atoms with Crippen LogP contribution in [0.25, 0.3) is 0 Å². The summed E-state index contributed by atoms with van der Waals surface area (Å²) in [6, 6.07) is 7.77. The molecule has 0 amide bonds. The molecule has 0 saturated carbocycles. The molecule has 110 valence electrons. The summed E-state index contributed by atoms with van der Waals surface area (Å²) in [5.41, 5.74) is 0.687. The van der Waals surface area contributed by atoms with Gasteiger partial charge in [0.2, 0.25) is 5.88 Å². The van der Waals surface area contributed by atoms with E-state index in [9.17, 15) is 15.2 Å². The van der Waals surface area contributed by atoms with Crippen LogP contribution in [0.3, 0.4) is 0 Å². The van der Waals surface area contributed by atoms with Gasteiger partial charge in [-0.15, -0.1) is 0 Å². The van der Waals surface area contributed by atoms with Crippen LogP contribution in [0.4, 0.5) is 5.69 Å². The Labute approximate surface area is 126 Å². The summed E-state index contributed by atoms with van der Waals surface area (Å²) < 4.78 is 5.07. The fourth-order valence-electron chi connectivity index (χ4n) is 2.07. The zero-order valence-corrected chi connectivity index (χ0v) is 11.9. The molecule has 1 unspecified atom stereocenters. The van der Waals surface area contributed by atoms with Crippen LogP contribution in [-0.4, -0.2) is 22.1 Å². The second-order valence-electron chi connectivity index (χ2n) is 4.32. The Morgan fingerprint density at radius 3 is 2.81 bits per heavy atom. The lowest BCUT2D eigenvalue weighted by Crippen LogP contribution is -2.07. The van der Waals surface area contributed by atoms with E-state index in [1.54, 1.807) is 18.2 Å². The molecule has 0 fully saturated rings. The van der Waals surface area contributed by atoms with Gasteiger partial charge in [0.1, 0.15) is 0 Å². The van der Waals surface area contributed by atoms with E-state index in [1.807, 2.05) is 0 Å². The number of pyridine rings is 1. The summed E-state index contributed by atoms with van der Waals surface area (Å²) in [6.45, 7) is 0. The third-order valence-electron chi connectivity index (χ3n) is 3.03. The second kappa shape index (κ2) is 6.51. The van der Waals surface area contributed by atoms with E-state index in [0.717, 1.165) is 0 Å². The maximum atomic E-state index is 11.0. The topological polar surface area (TPSA) is 85.5 Å². The molecular weight excluding hydrogens is 296 g/mol. The number of halogens is 1. The van der Waals surface area contributed by atoms with Crippen LogP contribution >= 0.6 is 11.6 Å². The number of nitrogens with zero attached hydrogens (tertiary/aromatic N) is 2. The molecule has 1 heterocycles. The number of aliphatic hydroxyl groups is 1. The third-order valence-corrected chi connectivity index (χ3v) is 3.36. The SMILES string of the molecule is COc1nccc(Cl)c1C(O)Cc1ccccc1[N+](=O)[O-]. The predicted molar refractivity (Wildman–Crippen MR) is 77.6 cm³/mol. The molecule has 1 aromatic carbocycles. The average Bonchev–Trinajstić information content (AvgIpc) is 2.47. The quantitative estimate of drug-likeness (QED) is 0.678. The zero-order chi connectivity index (χ0) is 15.4. The molecule has 21 heavy (non-hydrogen) atoms. The molecule has 7 heteroatoms. The van der Waals surface area contributed by atoms with Gasteiger partial charge in [-0.2, -0.15) is 0 Å². The maximum absolute atomic E-state index is 11.0. The van der Waals surface area contributed by atoms with Crippen LogP contribution in [0.2, 0.25) is 5.02 Å². The van der Waals surface area contributed by atoms with E-state index < -0.39 is 11.0 Å². The fourth-order valence-corrected chi connectivity index (χ4v) is 2.33. The van der Waals surface area contributed by atoms with Crippen molar-refractivity contribution in [3.63, 3.8) is 0 Å². The molecule has 0 bridgehead atoms. The van der Waals surface area contributed by atoms with Crippen molar-refractivity contribution in [1.29, 1.82) is 0 Å². The number of nitro groups is 1. The van der Waals surface area contributed by atoms with Gasteiger partial charge in [0.25, 0.3) is 5.69 Å². The summed E-state index contributed by atoms with van der Waals surface area (Å²) in [5, 5.41) is 21.6. The standard InChI is InChI=1S/C14H13ClN2O4/c1-21-14-13(10(15)6-7-16-14)12(18)8-9-4-2-3-5-11(9)17(19)20/h2-7,12,18H,8H2,1H3. The highest BCUT2D eigenvalue weighted by atomic mass is 35.5. The summed E-state index contributed by atoms with van der Waals surface area (Å²) in [6.07, 6.45) is 0.448. The lowest BCUT2D eigenvalue weighted by molar-refractivity contribution is -0.385. The lowest BCUT2D eigenvalue weighted by atomic mass is 10.0. The van der Waals surface area contributed by atoms with Crippen LogP contribution in [0, 0.1) is 10.1 Å². The van der Waals surface area contributed by atoms with E-state index in [-0.39, 0.29) is 18.0 Å². The minimum atomic E-state index is -1.05. The van der Waals surface area contributed by atoms with Gasteiger partial charge >= 0.3 is 0 Å². The predicted octanol–water partition coefficient (Wildman–Crippen LogP) is 2.93. The number of hydrogen-bond donors (Lipinski definition) is 1. The highest BCUT2D eigenvalue weighted by Gasteiger charge is 2.22. The Morgan fingerprint density at radius 1 is 1.43 bits per heavy atom. The molecule has 0 spiro atoms. The van der Waals surface area contributed by atoms with E-state index in [0.29, 0.717) is 16.1 Å². The number of hydrogen-bond acceptors (Lipinski definition) is 5. The minimum Gasteiger partial charge on any atom is -0.481 e. The smallest absolute Gasteiger partial charge is 0.272 e. The van der Waals surface area contributed by atoms with Gasteiger partial charge in [-0.3, -0.25) is 10.1 Å². The first kappa shape index (κ1) is 15.2. The number of benzene rings is 1. The molecule has 2 aromatic rings. The molecule has 0 radical (unpaired) electrons. The van der Waals surface area contributed by atoms with E-state index in [4.69, 9.17) is 16.3 Å². The van der Waals surface area contributed by atoms with Crippen LogP contribution in [0.1, 0.15) is 17.2 Å². The van der Waals surface area contributed by atoms with Gasteiger partial charge in [-0.1, -0.05) is 29.8 Å². The number of methoxy groups -OCH3 is 1. The molecule has 6 nitrogen and oxygen atoms in total. The first-order chi connectivity index (χ1) is 10.0. The van der Waals surface area contributed by atoms with Crippen LogP contribution in [-0.2, 0) is 6.42 Å². The summed E-state index contributed by atoms with van der Waals surface area (Å²) in [4.78, 5) is 14.5. The molecular formula is C14H13ClN2O4. The van der Waals surface area contributed by atoms with Gasteiger partial charge in [0, 0.05) is 24.2 Å². The van der Waals surface area contributed by atoms with Gasteiger partial charge in [0.05, 0.1) is 28.7 Å². The van der Waals surface area contributed by atoms with Crippen LogP contribution in [0.5, 0.6) is 5.88 Å². The van der Waals surface area contributed by atoms with Crippen molar-refractivity contribution < 1.29 is 14.8 Å². The largest absolute Gasteiger partial charge is 0.481 e. The van der Waals surface area contributed by atoms with Gasteiger partial charge < -0.3 is 9.84 Å². The Morgan fingerprint density at radius 2 is 2.14 bits per heavy atom. The molecule has 1 N–H and O–H groups in total. The second-order valence-corrected chi connectivity index (χ2v) is 4.73. The van der Waals surface area contributed by atoms with E-state index in [2.05, 4.69) is 4.98 Å². The minimum absolute atomic E-state index is 0.0406. The van der Waals surface area contributed by atoms with E-state index >= 15 is 0 Å². The van der Waals surface area contributed by atoms with Gasteiger partial charge in [-0.25, -0.2) is 4.98 Å². The number of para-hydroxylation sites is 1. The van der Waals surface area contributed by atoms with Crippen molar-refractivity contribution in [3.8, 4) is 5.88 Å². The molecule has 1 atom stereocenters. The van der Waals surface area contributed by atoms with Crippen molar-refractivity contribution >= 4 is 17.3 Å². The monoisotopic (exact) mass is 308 g/mol. The molecule has 0 saturated heterocycles. The number of nitro benzene ring substituents is 1. The Kier molecular flexibility index (Phi) is 4.72. The lowest BCUT2D eigenvalue weighted by Gasteiger charge is -2.15. The highest BCUT2D eigenvalue weighted by Crippen LogP contribution is 2.33. The Balaban J connectivity index is 2.35. The number of aromatic nitrogens is 1. The Hall–Kier alpha value is -2.18. The zero-order valence-electron chi connectivity index (χ0n) is 11.2. The molecule has 0 aliphatic carbocycles. The molecule has 2 rings (SSSR count). The van der Waals surface area contributed by atoms with Gasteiger partial charge in [-0.05, 0) is 6.07 Å². The van der Waals surface area contributed by atoms with Crippen molar-refractivity contribution in [1.82, 2.24) is 4.98 Å². The maximum Gasteiger partial charge on any atom is 0.272 e. The first-order valence-corrected chi connectivity index (χ1v) is 6.51. The molecule has 0 aliphatic rings. The van der Waals surface area contributed by atoms with E-state index in [1.165, 1.54) is 25.4 Å². The van der Waals surface area contributed by atoms with Crippen molar-refractivity contribution in [2.75, 3.05) is 7.11 Å². The number of aliphatic hydroxyl groups excluding tert-OH is 1. The molecule has 1 aromatic heterocycles. The average molecular weight is 309 g/mol. The van der Waals surface area contributed by atoms with Gasteiger partial charge in [0.15, 0.2) is 0 Å². The molecule has 0 aliphatic heterocycles. The Bertz CT molecular complexity index is 663. The number of rotatable bonds is 5. The van der Waals surface area contributed by atoms with Crippen molar-refractivity contribution in [2.45, 2.75) is 12.5 Å². The fraction of sp³-hybridized carbons (Fsp3) is 0.214. The number of ether oxygens (including phenoxy) is 1. The van der Waals surface area contributed by atoms with Crippen molar-refractivity contribution in [3.05, 3.63) is 62.8 Å². The summed E-state index contributed by atoms with van der Waals surface area (Å²) in [7, 11) is 1.42. The third kappa shape index (κ3) is 3.29.